The molecule has 0 radical (unpaired) electrons. The summed E-state index contributed by atoms with van der Waals surface area (Å²) in [5, 5.41) is 0.456. The fourth-order valence-corrected chi connectivity index (χ4v) is 3.19. The predicted molar refractivity (Wildman–Crippen MR) is 126 cm³/mol. The van der Waals surface area contributed by atoms with E-state index in [-0.39, 0.29) is 18.1 Å². The maximum Gasteiger partial charge on any atom is 0.331 e. The van der Waals surface area contributed by atoms with Crippen molar-refractivity contribution in [3.63, 3.8) is 0 Å². The van der Waals surface area contributed by atoms with Gasteiger partial charge in [0.2, 0.25) is 0 Å². The lowest BCUT2D eigenvalue weighted by Gasteiger charge is -2.20. The summed E-state index contributed by atoms with van der Waals surface area (Å²) in [5.74, 6) is -1.67. The summed E-state index contributed by atoms with van der Waals surface area (Å²) in [6.07, 6.45) is 2.59. The van der Waals surface area contributed by atoms with Gasteiger partial charge in [0.25, 0.3) is 11.5 Å². The summed E-state index contributed by atoms with van der Waals surface area (Å²) in [6.45, 7) is -0.544. The van der Waals surface area contributed by atoms with Crippen LogP contribution in [0.2, 0.25) is 5.02 Å². The van der Waals surface area contributed by atoms with Crippen molar-refractivity contribution in [2.24, 2.45) is 0 Å². The van der Waals surface area contributed by atoms with Crippen LogP contribution < -0.4 is 21.9 Å². The van der Waals surface area contributed by atoms with E-state index in [1.807, 2.05) is 6.07 Å². The summed E-state index contributed by atoms with van der Waals surface area (Å²) < 4.78 is 6.10. The van der Waals surface area contributed by atoms with Gasteiger partial charge in [0.15, 0.2) is 12.3 Å². The second-order valence-electron chi connectivity index (χ2n) is 6.98. The smallest absolute Gasteiger partial charge is 0.331 e. The number of carbonyl (C=O) groups is 2. The third kappa shape index (κ3) is 5.78. The third-order valence-corrected chi connectivity index (χ3v) is 5.09. The highest BCUT2D eigenvalue weighted by molar-refractivity contribution is 6.32. The highest BCUT2D eigenvalue weighted by Crippen LogP contribution is 2.17. The third-order valence-electron chi connectivity index (χ3n) is 4.75. The molecule has 0 unspecified atom stereocenters. The van der Waals surface area contributed by atoms with E-state index in [2.05, 4.69) is 4.98 Å². The first kappa shape index (κ1) is 23.6. The van der Waals surface area contributed by atoms with E-state index in [0.717, 1.165) is 21.1 Å². The Kier molecular flexibility index (Phi) is 7.47. The number of rotatable bonds is 7. The average molecular weight is 469 g/mol. The molecule has 3 aromatic rings. The van der Waals surface area contributed by atoms with Crippen LogP contribution in [-0.4, -0.2) is 35.1 Å². The number of benzene rings is 2. The van der Waals surface area contributed by atoms with Crippen LogP contribution in [-0.2, 0) is 20.9 Å². The van der Waals surface area contributed by atoms with Gasteiger partial charge in [0.05, 0.1) is 6.54 Å². The first-order valence-electron chi connectivity index (χ1n) is 9.80. The van der Waals surface area contributed by atoms with E-state index in [1.54, 1.807) is 48.5 Å². The number of esters is 1. The maximum absolute atomic E-state index is 12.5. The fraction of sp³-hybridized carbons (Fsp3) is 0.130. The number of aromatic nitrogens is 2. The van der Waals surface area contributed by atoms with Crippen molar-refractivity contribution in [3.05, 3.63) is 97.7 Å². The Morgan fingerprint density at radius 3 is 2.48 bits per heavy atom. The molecule has 0 bridgehead atoms. The molecule has 9 nitrogen and oxygen atoms in total. The molecule has 0 aliphatic carbocycles. The van der Waals surface area contributed by atoms with E-state index in [1.165, 1.54) is 13.1 Å². The molecule has 0 saturated heterocycles. The normalized spacial score (nSPS) is 10.8. The monoisotopic (exact) mass is 468 g/mol. The van der Waals surface area contributed by atoms with Crippen molar-refractivity contribution in [3.8, 4) is 0 Å². The van der Waals surface area contributed by atoms with Crippen LogP contribution in [0.25, 0.3) is 6.08 Å². The molecule has 2 aromatic carbocycles. The minimum atomic E-state index is -0.831. The minimum Gasteiger partial charge on any atom is -0.452 e. The van der Waals surface area contributed by atoms with Crippen LogP contribution in [0.15, 0.2) is 70.3 Å². The van der Waals surface area contributed by atoms with Crippen LogP contribution in [0, 0.1) is 0 Å². The summed E-state index contributed by atoms with van der Waals surface area (Å²) >= 11 is 6.02. The zero-order chi connectivity index (χ0) is 24.0. The predicted octanol–water partition coefficient (Wildman–Crippen LogP) is 2.04. The van der Waals surface area contributed by atoms with Crippen LogP contribution in [0.4, 0.5) is 11.5 Å². The fourth-order valence-electron chi connectivity index (χ4n) is 3.00. The van der Waals surface area contributed by atoms with Gasteiger partial charge < -0.3 is 15.4 Å². The Balaban J connectivity index is 1.72. The SMILES string of the molecule is CN(C(=O)COC(=O)C=Cc1ccccc1Cl)c1c(N)n(Cc2ccccc2)c(=O)[nH]c1=O. The first-order chi connectivity index (χ1) is 15.8. The Morgan fingerprint density at radius 2 is 1.79 bits per heavy atom. The summed E-state index contributed by atoms with van der Waals surface area (Å²) in [4.78, 5) is 52.3. The molecule has 3 rings (SSSR count). The van der Waals surface area contributed by atoms with E-state index in [9.17, 15) is 19.2 Å². The zero-order valence-electron chi connectivity index (χ0n) is 17.7. The second kappa shape index (κ2) is 10.5. The van der Waals surface area contributed by atoms with Crippen molar-refractivity contribution in [1.29, 1.82) is 0 Å². The Labute approximate surface area is 193 Å². The van der Waals surface area contributed by atoms with Crippen LogP contribution in [0.3, 0.4) is 0 Å². The minimum absolute atomic E-state index is 0.0964. The van der Waals surface area contributed by atoms with Crippen molar-refractivity contribution < 1.29 is 14.3 Å². The average Bonchev–Trinajstić information content (AvgIpc) is 2.80. The van der Waals surface area contributed by atoms with Gasteiger partial charge in [-0.25, -0.2) is 9.59 Å². The van der Waals surface area contributed by atoms with Crippen molar-refractivity contribution >= 4 is 41.1 Å². The number of hydrogen-bond acceptors (Lipinski definition) is 6. The highest BCUT2D eigenvalue weighted by Gasteiger charge is 2.21. The molecular weight excluding hydrogens is 448 g/mol. The molecule has 0 aliphatic heterocycles. The van der Waals surface area contributed by atoms with E-state index in [0.29, 0.717) is 10.6 Å². The molecule has 170 valence electrons. The summed E-state index contributed by atoms with van der Waals surface area (Å²) in [5.41, 5.74) is 5.70. The molecule has 1 heterocycles. The number of nitrogens with one attached hydrogen (secondary N) is 1. The van der Waals surface area contributed by atoms with Gasteiger partial charge in [0, 0.05) is 18.1 Å². The lowest BCUT2D eigenvalue weighted by Crippen LogP contribution is -2.40. The van der Waals surface area contributed by atoms with Gasteiger partial charge >= 0.3 is 11.7 Å². The number of nitrogens with zero attached hydrogens (tertiary/aromatic N) is 2. The van der Waals surface area contributed by atoms with Crippen LogP contribution in [0.5, 0.6) is 0 Å². The zero-order valence-corrected chi connectivity index (χ0v) is 18.4. The van der Waals surface area contributed by atoms with Gasteiger partial charge in [-0.05, 0) is 23.3 Å². The quantitative estimate of drug-likeness (QED) is 0.403. The Hall–Kier alpha value is -4.11. The molecule has 10 heteroatoms. The number of halogens is 1. The number of carbonyl (C=O) groups excluding carboxylic acids is 2. The molecular formula is C23H21ClN4O5. The maximum atomic E-state index is 12.5. The second-order valence-corrected chi connectivity index (χ2v) is 7.39. The van der Waals surface area contributed by atoms with Crippen molar-refractivity contribution in [2.75, 3.05) is 24.3 Å². The standard InChI is InChI=1S/C23H21ClN4O5/c1-27(18(29)14-33-19(30)12-11-16-9-5-6-10-17(16)24)20-21(25)28(23(32)26-22(20)31)13-15-7-3-2-4-8-15/h2-12H,13-14,25H2,1H3,(H,26,31,32). The molecule has 0 saturated carbocycles. The number of nitrogen functional groups attached to an aromatic ring is 1. The number of nitrogens with two attached hydrogens (primary N) is 1. The van der Waals surface area contributed by atoms with Crippen molar-refractivity contribution in [1.82, 2.24) is 9.55 Å². The molecule has 1 amide bonds. The summed E-state index contributed by atoms with van der Waals surface area (Å²) in [6, 6.07) is 15.9. The number of ether oxygens (including phenoxy) is 1. The number of aromatic amines is 1. The number of amides is 1. The Morgan fingerprint density at radius 1 is 1.12 bits per heavy atom. The molecule has 1 aromatic heterocycles. The lowest BCUT2D eigenvalue weighted by molar-refractivity contribution is -0.142. The van der Waals surface area contributed by atoms with Gasteiger partial charge in [-0.3, -0.25) is 19.1 Å². The van der Waals surface area contributed by atoms with E-state index in [4.69, 9.17) is 22.1 Å². The van der Waals surface area contributed by atoms with Gasteiger partial charge in [-0.1, -0.05) is 60.1 Å². The number of anilines is 2. The number of likely N-dealkylation sites (N-methyl/N-ethyl adjacent to an activating group) is 1. The van der Waals surface area contributed by atoms with Gasteiger partial charge in [-0.2, -0.15) is 0 Å². The first-order valence-corrected chi connectivity index (χ1v) is 10.2. The Bertz CT molecular complexity index is 1310. The van der Waals surface area contributed by atoms with Gasteiger partial charge in [-0.15, -0.1) is 0 Å². The highest BCUT2D eigenvalue weighted by atomic mass is 35.5. The molecule has 33 heavy (non-hydrogen) atoms. The van der Waals surface area contributed by atoms with Crippen LogP contribution in [0.1, 0.15) is 11.1 Å². The number of H-pyrrole nitrogens is 1. The largest absolute Gasteiger partial charge is 0.452 e. The number of hydrogen-bond donors (Lipinski definition) is 2. The molecule has 0 aliphatic rings. The van der Waals surface area contributed by atoms with Crippen LogP contribution >= 0.6 is 11.6 Å². The lowest BCUT2D eigenvalue weighted by atomic mass is 10.2. The topological polar surface area (TPSA) is 127 Å². The molecule has 0 atom stereocenters. The molecule has 3 N–H and O–H groups in total. The summed E-state index contributed by atoms with van der Waals surface area (Å²) in [7, 11) is 1.30. The van der Waals surface area contributed by atoms with Crippen molar-refractivity contribution in [2.45, 2.75) is 6.54 Å². The molecule has 0 fully saturated rings. The van der Waals surface area contributed by atoms with Gasteiger partial charge in [0.1, 0.15) is 5.82 Å². The molecule has 0 spiro atoms. The van der Waals surface area contributed by atoms with E-state index < -0.39 is 29.7 Å². The van der Waals surface area contributed by atoms with E-state index >= 15 is 0 Å².